The van der Waals surface area contributed by atoms with E-state index >= 15 is 0 Å². The number of anilines is 2. The number of likely N-dealkylation sites (tertiary alicyclic amines) is 1. The Hall–Kier alpha value is -2.13. The zero-order valence-electron chi connectivity index (χ0n) is 18.7. The van der Waals surface area contributed by atoms with E-state index in [0.29, 0.717) is 24.1 Å². The normalized spacial score (nSPS) is 20.5. The van der Waals surface area contributed by atoms with Crippen molar-refractivity contribution in [1.29, 1.82) is 0 Å². The summed E-state index contributed by atoms with van der Waals surface area (Å²) in [5, 5.41) is 5.56. The molecule has 2 unspecified atom stereocenters. The zero-order chi connectivity index (χ0) is 22.7. The van der Waals surface area contributed by atoms with Crippen LogP contribution in [0.1, 0.15) is 51.4 Å². The molecular formula is C21H34N4O4S. The van der Waals surface area contributed by atoms with Crippen molar-refractivity contribution >= 4 is 33.2 Å². The van der Waals surface area contributed by atoms with Gasteiger partial charge in [-0.25, -0.2) is 8.42 Å². The minimum atomic E-state index is -3.57. The van der Waals surface area contributed by atoms with Crippen molar-refractivity contribution in [3.8, 4) is 0 Å². The number of carbonyl (C=O) groups is 2. The van der Waals surface area contributed by atoms with Crippen molar-refractivity contribution in [3.63, 3.8) is 0 Å². The van der Waals surface area contributed by atoms with Gasteiger partial charge in [-0.1, -0.05) is 13.8 Å². The topological polar surface area (TPSA) is 108 Å². The first-order chi connectivity index (χ1) is 13.8. The summed E-state index contributed by atoms with van der Waals surface area (Å²) in [5.74, 6) is 0.520. The van der Waals surface area contributed by atoms with Gasteiger partial charge < -0.3 is 10.6 Å². The van der Waals surface area contributed by atoms with Crippen molar-refractivity contribution in [1.82, 2.24) is 10.2 Å². The Kier molecular flexibility index (Phi) is 7.52. The number of nitrogens with one attached hydrogen (secondary N) is 3. The molecule has 0 saturated carbocycles. The summed E-state index contributed by atoms with van der Waals surface area (Å²) in [6.45, 7) is 12.4. The lowest BCUT2D eigenvalue weighted by molar-refractivity contribution is -0.114. The Morgan fingerprint density at radius 1 is 1.17 bits per heavy atom. The third-order valence-electron chi connectivity index (χ3n) is 5.29. The Balaban J connectivity index is 2.20. The number of hydrogen-bond acceptors (Lipinski definition) is 5. The van der Waals surface area contributed by atoms with Gasteiger partial charge in [0.25, 0.3) is 5.91 Å². The summed E-state index contributed by atoms with van der Waals surface area (Å²) in [5.41, 5.74) is 0.493. The quantitative estimate of drug-likeness (QED) is 0.606. The molecule has 1 fully saturated rings. The van der Waals surface area contributed by atoms with Crippen molar-refractivity contribution in [2.75, 3.05) is 35.9 Å². The van der Waals surface area contributed by atoms with Crippen LogP contribution in [0.4, 0.5) is 11.4 Å². The van der Waals surface area contributed by atoms with E-state index in [1.54, 1.807) is 6.07 Å². The van der Waals surface area contributed by atoms with Crippen LogP contribution in [0.3, 0.4) is 0 Å². The van der Waals surface area contributed by atoms with Crippen LogP contribution >= 0.6 is 0 Å². The molecule has 1 aliphatic heterocycles. The molecule has 30 heavy (non-hydrogen) atoms. The lowest BCUT2D eigenvalue weighted by Gasteiger charge is -2.45. The van der Waals surface area contributed by atoms with E-state index in [2.05, 4.69) is 48.0 Å². The van der Waals surface area contributed by atoms with Gasteiger partial charge in [0.05, 0.1) is 17.5 Å². The monoisotopic (exact) mass is 438 g/mol. The highest BCUT2D eigenvalue weighted by Gasteiger charge is 2.33. The van der Waals surface area contributed by atoms with Gasteiger partial charge in [0.2, 0.25) is 15.9 Å². The van der Waals surface area contributed by atoms with Crippen LogP contribution in [0.5, 0.6) is 0 Å². The molecule has 2 amide bonds. The molecule has 1 aliphatic rings. The van der Waals surface area contributed by atoms with E-state index in [9.17, 15) is 18.0 Å². The van der Waals surface area contributed by atoms with Crippen LogP contribution in [-0.2, 0) is 14.8 Å². The fourth-order valence-electron chi connectivity index (χ4n) is 3.96. The Labute approximate surface area is 179 Å². The van der Waals surface area contributed by atoms with Gasteiger partial charge in [-0.05, 0) is 50.3 Å². The lowest BCUT2D eigenvalue weighted by Crippen LogP contribution is -2.56. The van der Waals surface area contributed by atoms with Crippen LogP contribution in [0.15, 0.2) is 18.2 Å². The smallest absolute Gasteiger partial charge is 0.253 e. The number of carbonyl (C=O) groups excluding carboxylic acids is 2. The maximum absolute atomic E-state index is 13.0. The number of piperidine rings is 1. The van der Waals surface area contributed by atoms with Gasteiger partial charge in [0.1, 0.15) is 0 Å². The standard InChI is InChI=1S/C21H34N4O4S/c1-14-9-15(2)12-25(11-14)21(4,5)13-22-20(27)18-10-17(23-16(3)26)7-8-19(18)24-30(6,28)29/h7-8,10,14-15,24H,9,11-13H2,1-6H3,(H,22,27)(H,23,26). The second-order valence-electron chi connectivity index (χ2n) is 9.16. The van der Waals surface area contributed by atoms with Crippen LogP contribution in [0.25, 0.3) is 0 Å². The second kappa shape index (κ2) is 9.34. The number of benzene rings is 1. The maximum atomic E-state index is 13.0. The summed E-state index contributed by atoms with van der Waals surface area (Å²) in [4.78, 5) is 26.7. The van der Waals surface area contributed by atoms with Crippen molar-refractivity contribution in [2.45, 2.75) is 46.6 Å². The largest absolute Gasteiger partial charge is 0.350 e. The summed E-state index contributed by atoms with van der Waals surface area (Å²) < 4.78 is 25.8. The molecule has 9 heteroatoms. The fourth-order valence-corrected chi connectivity index (χ4v) is 4.54. The Bertz CT molecular complexity index is 888. The SMILES string of the molecule is CC(=O)Nc1ccc(NS(C)(=O)=O)c(C(=O)NCC(C)(C)N2CC(C)CC(C)C2)c1. The van der Waals surface area contributed by atoms with Gasteiger partial charge in [0.15, 0.2) is 0 Å². The molecule has 8 nitrogen and oxygen atoms in total. The van der Waals surface area contributed by atoms with E-state index in [0.717, 1.165) is 19.3 Å². The molecule has 3 N–H and O–H groups in total. The maximum Gasteiger partial charge on any atom is 0.253 e. The predicted octanol–water partition coefficient (Wildman–Crippen LogP) is 2.50. The van der Waals surface area contributed by atoms with Crippen molar-refractivity contribution < 1.29 is 18.0 Å². The second-order valence-corrected chi connectivity index (χ2v) is 10.9. The molecule has 1 aromatic carbocycles. The van der Waals surface area contributed by atoms with Gasteiger partial charge >= 0.3 is 0 Å². The number of rotatable bonds is 7. The minimum Gasteiger partial charge on any atom is -0.350 e. The van der Waals surface area contributed by atoms with Crippen LogP contribution < -0.4 is 15.4 Å². The van der Waals surface area contributed by atoms with Crippen LogP contribution in [0, 0.1) is 11.8 Å². The van der Waals surface area contributed by atoms with Crippen molar-refractivity contribution in [3.05, 3.63) is 23.8 Å². The third-order valence-corrected chi connectivity index (χ3v) is 5.88. The minimum absolute atomic E-state index is 0.155. The van der Waals surface area contributed by atoms with E-state index in [1.807, 2.05) is 0 Å². The molecule has 0 radical (unpaired) electrons. The average molecular weight is 439 g/mol. The number of hydrogen-bond donors (Lipinski definition) is 3. The van der Waals surface area contributed by atoms with Crippen molar-refractivity contribution in [2.24, 2.45) is 11.8 Å². The first-order valence-electron chi connectivity index (χ1n) is 10.2. The molecule has 0 aliphatic carbocycles. The number of amides is 2. The number of nitrogens with zero attached hydrogens (tertiary/aromatic N) is 1. The third kappa shape index (κ3) is 6.98. The van der Waals surface area contributed by atoms with E-state index < -0.39 is 15.9 Å². The molecule has 1 saturated heterocycles. The van der Waals surface area contributed by atoms with E-state index in [4.69, 9.17) is 0 Å². The molecule has 1 heterocycles. The summed E-state index contributed by atoms with van der Waals surface area (Å²) in [7, 11) is -3.57. The average Bonchev–Trinajstić information content (AvgIpc) is 2.58. The highest BCUT2D eigenvalue weighted by Crippen LogP contribution is 2.27. The van der Waals surface area contributed by atoms with Crippen LogP contribution in [0.2, 0.25) is 0 Å². The number of sulfonamides is 1. The molecule has 168 valence electrons. The fraction of sp³-hybridized carbons (Fsp3) is 0.619. The molecule has 2 rings (SSSR count). The zero-order valence-corrected chi connectivity index (χ0v) is 19.5. The summed E-state index contributed by atoms with van der Waals surface area (Å²) in [6.07, 6.45) is 2.23. The highest BCUT2D eigenvalue weighted by molar-refractivity contribution is 7.92. The van der Waals surface area contributed by atoms with Gasteiger partial charge in [-0.2, -0.15) is 0 Å². The van der Waals surface area contributed by atoms with E-state index in [1.165, 1.54) is 25.5 Å². The predicted molar refractivity (Wildman–Crippen MR) is 120 cm³/mol. The van der Waals surface area contributed by atoms with Gasteiger partial charge in [0, 0.05) is 37.8 Å². The molecule has 1 aromatic rings. The lowest BCUT2D eigenvalue weighted by atomic mass is 9.88. The van der Waals surface area contributed by atoms with Gasteiger partial charge in [-0.3, -0.25) is 19.2 Å². The van der Waals surface area contributed by atoms with Gasteiger partial charge in [-0.15, -0.1) is 0 Å². The first kappa shape index (κ1) is 24.1. The molecule has 0 spiro atoms. The Morgan fingerprint density at radius 3 is 2.30 bits per heavy atom. The molecule has 2 atom stereocenters. The first-order valence-corrected chi connectivity index (χ1v) is 12.1. The summed E-state index contributed by atoms with van der Waals surface area (Å²) >= 11 is 0. The van der Waals surface area contributed by atoms with E-state index in [-0.39, 0.29) is 22.7 Å². The summed E-state index contributed by atoms with van der Waals surface area (Å²) in [6, 6.07) is 4.49. The molecule has 0 aromatic heterocycles. The molecular weight excluding hydrogens is 404 g/mol. The Morgan fingerprint density at radius 2 is 1.77 bits per heavy atom. The molecule has 0 bridgehead atoms. The highest BCUT2D eigenvalue weighted by atomic mass is 32.2. The van der Waals surface area contributed by atoms with Crippen LogP contribution in [-0.4, -0.2) is 56.6 Å².